The molecule has 0 aliphatic rings. The summed E-state index contributed by atoms with van der Waals surface area (Å²) < 4.78 is 24.6. The van der Waals surface area contributed by atoms with Crippen LogP contribution in [-0.4, -0.2) is 36.2 Å². The maximum atomic E-state index is 12.1. The summed E-state index contributed by atoms with van der Waals surface area (Å²) in [6.45, 7) is 2.51. The summed E-state index contributed by atoms with van der Waals surface area (Å²) in [4.78, 5) is 16.2. The summed E-state index contributed by atoms with van der Waals surface area (Å²) in [5.74, 6) is -0.234. The average molecular weight is 307 g/mol. The SMILES string of the molecule is C[C@H](Cn1ccnc1)NC(=O)c1ccc(S(C)(=O)=O)cc1. The van der Waals surface area contributed by atoms with Crippen molar-refractivity contribution in [1.29, 1.82) is 0 Å². The second kappa shape index (κ2) is 6.09. The van der Waals surface area contributed by atoms with Crippen LogP contribution < -0.4 is 5.32 Å². The van der Waals surface area contributed by atoms with E-state index in [1.165, 1.54) is 24.3 Å². The minimum Gasteiger partial charge on any atom is -0.348 e. The smallest absolute Gasteiger partial charge is 0.251 e. The molecule has 7 heteroatoms. The molecule has 0 aliphatic carbocycles. The van der Waals surface area contributed by atoms with Gasteiger partial charge < -0.3 is 9.88 Å². The Morgan fingerprint density at radius 2 is 2.00 bits per heavy atom. The maximum absolute atomic E-state index is 12.1. The van der Waals surface area contributed by atoms with Gasteiger partial charge >= 0.3 is 0 Å². The summed E-state index contributed by atoms with van der Waals surface area (Å²) in [5.41, 5.74) is 0.430. The van der Waals surface area contributed by atoms with Crippen LogP contribution in [0.5, 0.6) is 0 Å². The van der Waals surface area contributed by atoms with E-state index in [0.29, 0.717) is 12.1 Å². The number of nitrogens with zero attached hydrogens (tertiary/aromatic N) is 2. The van der Waals surface area contributed by atoms with Gasteiger partial charge in [-0.15, -0.1) is 0 Å². The van der Waals surface area contributed by atoms with Crippen molar-refractivity contribution in [3.05, 3.63) is 48.5 Å². The molecule has 21 heavy (non-hydrogen) atoms. The monoisotopic (exact) mass is 307 g/mol. The van der Waals surface area contributed by atoms with Crippen molar-refractivity contribution in [2.75, 3.05) is 6.26 Å². The third kappa shape index (κ3) is 4.16. The first-order chi connectivity index (χ1) is 9.86. The Hall–Kier alpha value is -2.15. The van der Waals surface area contributed by atoms with Crippen molar-refractivity contribution >= 4 is 15.7 Å². The topological polar surface area (TPSA) is 81.1 Å². The zero-order valence-electron chi connectivity index (χ0n) is 11.9. The molecule has 0 saturated carbocycles. The van der Waals surface area contributed by atoms with Gasteiger partial charge in [-0.3, -0.25) is 4.79 Å². The molecule has 0 spiro atoms. The Kier molecular flexibility index (Phi) is 4.42. The molecule has 0 radical (unpaired) electrons. The van der Waals surface area contributed by atoms with Gasteiger partial charge in [0.15, 0.2) is 9.84 Å². The lowest BCUT2D eigenvalue weighted by atomic mass is 10.2. The second-order valence-electron chi connectivity index (χ2n) is 4.93. The number of aromatic nitrogens is 2. The van der Waals surface area contributed by atoms with Crippen LogP contribution >= 0.6 is 0 Å². The fourth-order valence-corrected chi connectivity index (χ4v) is 2.55. The molecule has 1 N–H and O–H groups in total. The van der Waals surface area contributed by atoms with Crippen LogP contribution in [0.2, 0.25) is 0 Å². The number of carbonyl (C=O) groups is 1. The van der Waals surface area contributed by atoms with Crippen LogP contribution in [0.4, 0.5) is 0 Å². The van der Waals surface area contributed by atoms with Gasteiger partial charge in [-0.05, 0) is 31.2 Å². The van der Waals surface area contributed by atoms with Crippen LogP contribution in [0, 0.1) is 0 Å². The highest BCUT2D eigenvalue weighted by Gasteiger charge is 2.12. The quantitative estimate of drug-likeness (QED) is 0.897. The van der Waals surface area contributed by atoms with Crippen molar-refractivity contribution in [3.8, 4) is 0 Å². The fraction of sp³-hybridized carbons (Fsp3) is 0.286. The zero-order chi connectivity index (χ0) is 15.5. The van der Waals surface area contributed by atoms with Crippen LogP contribution in [0.25, 0.3) is 0 Å². The van der Waals surface area contributed by atoms with Gasteiger partial charge in [0, 0.05) is 36.8 Å². The number of benzene rings is 1. The van der Waals surface area contributed by atoms with Crippen LogP contribution in [0.1, 0.15) is 17.3 Å². The van der Waals surface area contributed by atoms with Crippen molar-refractivity contribution in [2.24, 2.45) is 0 Å². The van der Waals surface area contributed by atoms with Gasteiger partial charge in [0.05, 0.1) is 11.2 Å². The first-order valence-corrected chi connectivity index (χ1v) is 8.32. The van der Waals surface area contributed by atoms with Gasteiger partial charge in [-0.2, -0.15) is 0 Å². The fourth-order valence-electron chi connectivity index (χ4n) is 1.92. The van der Waals surface area contributed by atoms with E-state index in [1.54, 1.807) is 12.5 Å². The number of hydrogen-bond donors (Lipinski definition) is 1. The Morgan fingerprint density at radius 1 is 1.33 bits per heavy atom. The Labute approximate surface area is 123 Å². The number of amides is 1. The summed E-state index contributed by atoms with van der Waals surface area (Å²) in [6.07, 6.45) is 6.32. The maximum Gasteiger partial charge on any atom is 0.251 e. The highest BCUT2D eigenvalue weighted by Crippen LogP contribution is 2.10. The van der Waals surface area contributed by atoms with E-state index in [4.69, 9.17) is 0 Å². The van der Waals surface area contributed by atoms with Gasteiger partial charge in [0.2, 0.25) is 0 Å². The van der Waals surface area contributed by atoms with Gasteiger partial charge in [0.25, 0.3) is 5.91 Å². The van der Waals surface area contributed by atoms with Gasteiger partial charge in [-0.1, -0.05) is 0 Å². The normalized spacial score (nSPS) is 12.9. The molecule has 112 valence electrons. The average Bonchev–Trinajstić information content (AvgIpc) is 2.90. The largest absolute Gasteiger partial charge is 0.348 e. The summed E-state index contributed by atoms with van der Waals surface area (Å²) in [7, 11) is -3.24. The van der Waals surface area contributed by atoms with Crippen molar-refractivity contribution in [3.63, 3.8) is 0 Å². The Balaban J connectivity index is 2.00. The van der Waals surface area contributed by atoms with E-state index in [2.05, 4.69) is 10.3 Å². The molecular weight excluding hydrogens is 290 g/mol. The van der Waals surface area contributed by atoms with Crippen LogP contribution in [-0.2, 0) is 16.4 Å². The first-order valence-electron chi connectivity index (χ1n) is 6.43. The number of nitrogens with one attached hydrogen (secondary N) is 1. The predicted octanol–water partition coefficient (Wildman–Crippen LogP) is 1.11. The lowest BCUT2D eigenvalue weighted by Gasteiger charge is -2.14. The molecule has 1 aromatic heterocycles. The number of imidazole rings is 1. The molecule has 0 fully saturated rings. The lowest BCUT2D eigenvalue weighted by Crippen LogP contribution is -2.35. The molecule has 0 saturated heterocycles. The molecule has 0 unspecified atom stereocenters. The van der Waals surface area contributed by atoms with Crippen molar-refractivity contribution in [1.82, 2.24) is 14.9 Å². The highest BCUT2D eigenvalue weighted by atomic mass is 32.2. The number of carbonyl (C=O) groups excluding carboxylic acids is 1. The van der Waals surface area contributed by atoms with E-state index in [0.717, 1.165) is 6.26 Å². The lowest BCUT2D eigenvalue weighted by molar-refractivity contribution is 0.0936. The molecule has 6 nitrogen and oxygen atoms in total. The molecule has 1 atom stereocenters. The third-order valence-electron chi connectivity index (χ3n) is 2.97. The summed E-state index contributed by atoms with van der Waals surface area (Å²) in [6, 6.07) is 5.82. The van der Waals surface area contributed by atoms with Gasteiger partial charge in [0.1, 0.15) is 0 Å². The first kappa shape index (κ1) is 15.2. The minimum atomic E-state index is -3.24. The molecule has 2 rings (SSSR count). The standard InChI is InChI=1S/C14H17N3O3S/c1-11(9-17-8-7-15-10-17)16-14(18)12-3-5-13(6-4-12)21(2,19)20/h3-8,10-11H,9H2,1-2H3,(H,16,18)/t11-/m1/s1. The van der Waals surface area contributed by atoms with Crippen LogP contribution in [0.15, 0.2) is 47.9 Å². The number of rotatable bonds is 5. The summed E-state index contributed by atoms with van der Waals surface area (Å²) >= 11 is 0. The van der Waals surface area contributed by atoms with Gasteiger partial charge in [-0.25, -0.2) is 13.4 Å². The second-order valence-corrected chi connectivity index (χ2v) is 6.95. The third-order valence-corrected chi connectivity index (χ3v) is 4.09. The number of sulfone groups is 1. The molecule has 1 amide bonds. The Bertz CT molecular complexity index is 706. The summed E-state index contributed by atoms with van der Waals surface area (Å²) in [5, 5.41) is 2.86. The minimum absolute atomic E-state index is 0.0683. The van der Waals surface area contributed by atoms with E-state index in [1.807, 2.05) is 17.7 Å². The Morgan fingerprint density at radius 3 is 2.52 bits per heavy atom. The molecular formula is C14H17N3O3S. The number of hydrogen-bond acceptors (Lipinski definition) is 4. The van der Waals surface area contributed by atoms with Crippen molar-refractivity contribution in [2.45, 2.75) is 24.4 Å². The molecule has 1 heterocycles. The van der Waals surface area contributed by atoms with E-state index < -0.39 is 9.84 Å². The predicted molar refractivity (Wildman–Crippen MR) is 78.7 cm³/mol. The molecule has 0 aliphatic heterocycles. The highest BCUT2D eigenvalue weighted by molar-refractivity contribution is 7.90. The molecule has 0 bridgehead atoms. The van der Waals surface area contributed by atoms with E-state index in [-0.39, 0.29) is 16.8 Å². The van der Waals surface area contributed by atoms with Crippen LogP contribution in [0.3, 0.4) is 0 Å². The zero-order valence-corrected chi connectivity index (χ0v) is 12.7. The molecule has 2 aromatic rings. The van der Waals surface area contributed by atoms with E-state index in [9.17, 15) is 13.2 Å². The molecule has 1 aromatic carbocycles. The van der Waals surface area contributed by atoms with Crippen molar-refractivity contribution < 1.29 is 13.2 Å². The van der Waals surface area contributed by atoms with E-state index >= 15 is 0 Å².